The van der Waals surface area contributed by atoms with Crippen LogP contribution in [-0.4, -0.2) is 70.6 Å². The van der Waals surface area contributed by atoms with E-state index in [1.54, 1.807) is 0 Å². The Balaban J connectivity index is 1.44. The van der Waals surface area contributed by atoms with Gasteiger partial charge in [0.2, 0.25) is 0 Å². The molecule has 3 aliphatic rings. The van der Waals surface area contributed by atoms with Crippen LogP contribution in [0.5, 0.6) is 11.8 Å². The maximum absolute atomic E-state index is 16.8. The number of nitrogen functional groups attached to an aromatic ring is 1. The van der Waals surface area contributed by atoms with Crippen molar-refractivity contribution in [3.8, 4) is 29.0 Å². The number of nitrogens with one attached hydrogen (secondary N) is 1. The second-order valence-corrected chi connectivity index (χ2v) is 12.6. The van der Waals surface area contributed by atoms with Crippen molar-refractivity contribution >= 4 is 54.7 Å². The summed E-state index contributed by atoms with van der Waals surface area (Å²) in [5, 5.41) is 23.1. The lowest BCUT2D eigenvalue weighted by Gasteiger charge is -2.31. The lowest BCUT2D eigenvalue weighted by atomic mass is 9.95. The Labute approximate surface area is 253 Å². The highest BCUT2D eigenvalue weighted by atomic mass is 35.5. The number of thiophene rings is 1. The number of halogens is 4. The molecule has 0 radical (unpaired) electrons. The summed E-state index contributed by atoms with van der Waals surface area (Å²) in [5.74, 6) is -1.24. The lowest BCUT2D eigenvalue weighted by Crippen LogP contribution is -2.43. The molecule has 0 amide bonds. The molecule has 4 aromatic rings. The third-order valence-electron chi connectivity index (χ3n) is 8.64. The molecule has 0 aliphatic carbocycles. The van der Waals surface area contributed by atoms with E-state index >= 15 is 4.39 Å². The molecule has 7 rings (SSSR count). The van der Waals surface area contributed by atoms with Gasteiger partial charge in [0.05, 0.1) is 32.8 Å². The van der Waals surface area contributed by atoms with E-state index in [2.05, 4.69) is 20.2 Å². The van der Waals surface area contributed by atoms with Gasteiger partial charge in [-0.2, -0.15) is 15.2 Å². The van der Waals surface area contributed by atoms with E-state index in [-0.39, 0.29) is 78.5 Å². The van der Waals surface area contributed by atoms with Crippen LogP contribution in [0.25, 0.3) is 32.1 Å². The first-order chi connectivity index (χ1) is 20.7. The Morgan fingerprint density at radius 1 is 1.33 bits per heavy atom. The Kier molecular flexibility index (Phi) is 6.92. The van der Waals surface area contributed by atoms with Crippen LogP contribution in [0.15, 0.2) is 12.1 Å². The zero-order valence-corrected chi connectivity index (χ0v) is 24.3. The first-order valence-electron chi connectivity index (χ1n) is 13.9. The highest BCUT2D eigenvalue weighted by Gasteiger charge is 2.49. The number of hydrogen-bond acceptors (Lipinski definition) is 10. The van der Waals surface area contributed by atoms with Crippen LogP contribution in [0.2, 0.25) is 5.02 Å². The molecule has 4 N–H and O–H groups in total. The van der Waals surface area contributed by atoms with Crippen molar-refractivity contribution in [3.05, 3.63) is 34.4 Å². The zero-order valence-electron chi connectivity index (χ0n) is 22.7. The van der Waals surface area contributed by atoms with E-state index in [1.165, 1.54) is 6.07 Å². The predicted octanol–water partition coefficient (Wildman–Crippen LogP) is 5.41. The molecule has 43 heavy (non-hydrogen) atoms. The fourth-order valence-electron chi connectivity index (χ4n) is 6.65. The normalized spacial score (nSPS) is 23.4. The quantitative estimate of drug-likeness (QED) is 0.265. The monoisotopic (exact) mass is 630 g/mol. The highest BCUT2D eigenvalue weighted by molar-refractivity contribution is 7.23. The largest absolute Gasteiger partial charge is 0.486 e. The average Bonchev–Trinajstić information content (AvgIpc) is 3.62. The summed E-state index contributed by atoms with van der Waals surface area (Å²) in [4.78, 5) is 11.1. The molecule has 2 aromatic heterocycles. The molecule has 1 unspecified atom stereocenters. The van der Waals surface area contributed by atoms with Crippen molar-refractivity contribution in [1.82, 2.24) is 14.9 Å². The number of benzene rings is 2. The van der Waals surface area contributed by atoms with Gasteiger partial charge in [0.1, 0.15) is 47.1 Å². The van der Waals surface area contributed by atoms with E-state index < -0.39 is 29.4 Å². The SMILES string of the molecule is N#Cc1c(N)sc2c(F)ccc(-c3c(Cl)c4c5c(nc(OC[C@@]67CCCN6C[C@H](F)C7)nc5c3F)NCCC(CO)O4)c12. The molecule has 3 atom stereocenters. The van der Waals surface area contributed by atoms with Crippen molar-refractivity contribution < 1.29 is 27.8 Å². The molecular weight excluding hydrogens is 605 g/mol. The van der Waals surface area contributed by atoms with Crippen LogP contribution < -0.4 is 20.5 Å². The third kappa shape index (κ3) is 4.42. The molecule has 0 bridgehead atoms. The summed E-state index contributed by atoms with van der Waals surface area (Å²) in [5.41, 5.74) is 5.33. The number of nitrogens with two attached hydrogens (primary N) is 1. The van der Waals surface area contributed by atoms with Crippen LogP contribution in [0.4, 0.5) is 24.0 Å². The number of rotatable bonds is 5. The summed E-state index contributed by atoms with van der Waals surface area (Å²) in [7, 11) is 0. The minimum Gasteiger partial charge on any atom is -0.486 e. The summed E-state index contributed by atoms with van der Waals surface area (Å²) < 4.78 is 58.3. The summed E-state index contributed by atoms with van der Waals surface area (Å²) in [6.07, 6.45) is 0.776. The van der Waals surface area contributed by atoms with Crippen LogP contribution in [0.3, 0.4) is 0 Å². The average molecular weight is 631 g/mol. The topological polar surface area (TPSA) is 130 Å². The van der Waals surface area contributed by atoms with Crippen molar-refractivity contribution in [3.63, 3.8) is 0 Å². The fraction of sp³-hybridized carbons (Fsp3) is 0.414. The van der Waals surface area contributed by atoms with E-state index in [1.807, 2.05) is 6.07 Å². The Bertz CT molecular complexity index is 1830. The molecule has 2 fully saturated rings. The first kappa shape index (κ1) is 28.2. The van der Waals surface area contributed by atoms with Gasteiger partial charge in [-0.05, 0) is 31.0 Å². The van der Waals surface area contributed by atoms with Gasteiger partial charge in [-0.25, -0.2) is 13.2 Å². The van der Waals surface area contributed by atoms with Gasteiger partial charge in [-0.3, -0.25) is 4.90 Å². The standard InChI is InChI=1S/C29H26ClF3N6O3S/c30-21-19(15-2-3-17(32)25-18(15)16(9-34)26(35)43-25)22(33)23-20-24(21)42-14(11-40)4-6-36-27(20)38-28(37-23)41-12-29-5-1-7-39(29)10-13(31)8-29/h2-3,13-14,40H,1,4-8,10-12,35H2,(H,36,37,38)/t13-,14?,29+/m1/s1. The molecule has 2 saturated heterocycles. The summed E-state index contributed by atoms with van der Waals surface area (Å²) in [6, 6.07) is 4.37. The molecule has 0 spiro atoms. The molecule has 224 valence electrons. The van der Waals surface area contributed by atoms with E-state index in [0.29, 0.717) is 25.9 Å². The molecule has 0 saturated carbocycles. The van der Waals surface area contributed by atoms with Crippen molar-refractivity contribution in [2.45, 2.75) is 43.5 Å². The Morgan fingerprint density at radius 3 is 2.95 bits per heavy atom. The number of anilines is 2. The maximum Gasteiger partial charge on any atom is 0.319 e. The zero-order chi connectivity index (χ0) is 30.0. The smallest absolute Gasteiger partial charge is 0.319 e. The summed E-state index contributed by atoms with van der Waals surface area (Å²) >= 11 is 7.76. The molecule has 2 aromatic carbocycles. The second-order valence-electron chi connectivity index (χ2n) is 11.2. The number of ether oxygens (including phenoxy) is 2. The van der Waals surface area contributed by atoms with E-state index in [0.717, 1.165) is 36.8 Å². The number of nitrogens with zero attached hydrogens (tertiary/aromatic N) is 4. The lowest BCUT2D eigenvalue weighted by molar-refractivity contribution is 0.107. The third-order valence-corrected chi connectivity index (χ3v) is 10.0. The van der Waals surface area contributed by atoms with E-state index in [9.17, 15) is 19.1 Å². The minimum absolute atomic E-state index is 0.000877. The number of alkyl halides is 1. The number of nitriles is 1. The molecular formula is C29H26ClF3N6O3S. The Hall–Kier alpha value is -3.57. The fourth-order valence-corrected chi connectivity index (χ4v) is 7.93. The van der Waals surface area contributed by atoms with Gasteiger partial charge in [0, 0.05) is 36.9 Å². The van der Waals surface area contributed by atoms with Crippen molar-refractivity contribution in [2.24, 2.45) is 0 Å². The number of hydrogen-bond donors (Lipinski definition) is 3. The van der Waals surface area contributed by atoms with Crippen LogP contribution in [-0.2, 0) is 0 Å². The van der Waals surface area contributed by atoms with Crippen molar-refractivity contribution in [2.75, 3.05) is 43.9 Å². The molecule has 9 nitrogen and oxygen atoms in total. The van der Waals surface area contributed by atoms with E-state index in [4.69, 9.17) is 26.8 Å². The number of aliphatic hydroxyl groups excluding tert-OH is 1. The number of aromatic nitrogens is 2. The van der Waals surface area contributed by atoms with Gasteiger partial charge in [-0.15, -0.1) is 11.3 Å². The molecule has 3 aliphatic heterocycles. The van der Waals surface area contributed by atoms with Gasteiger partial charge in [-0.1, -0.05) is 17.7 Å². The van der Waals surface area contributed by atoms with Crippen LogP contribution in [0, 0.1) is 23.0 Å². The van der Waals surface area contributed by atoms with Crippen LogP contribution in [0.1, 0.15) is 31.2 Å². The van der Waals surface area contributed by atoms with Gasteiger partial charge in [0.15, 0.2) is 11.6 Å². The van der Waals surface area contributed by atoms with Crippen LogP contribution >= 0.6 is 22.9 Å². The molecule has 5 heterocycles. The highest BCUT2D eigenvalue weighted by Crippen LogP contribution is 2.50. The minimum atomic E-state index is -0.949. The summed E-state index contributed by atoms with van der Waals surface area (Å²) in [6.45, 7) is 1.27. The van der Waals surface area contributed by atoms with Crippen molar-refractivity contribution in [1.29, 1.82) is 5.26 Å². The van der Waals surface area contributed by atoms with Gasteiger partial charge < -0.3 is 25.6 Å². The first-order valence-corrected chi connectivity index (χ1v) is 15.1. The molecule has 14 heteroatoms. The predicted molar refractivity (Wildman–Crippen MR) is 158 cm³/mol. The van der Waals surface area contributed by atoms with Gasteiger partial charge in [0.25, 0.3) is 0 Å². The number of fused-ring (bicyclic) bond motifs is 2. The second kappa shape index (κ2) is 10.6. The number of aliphatic hydroxyl groups is 1. The maximum atomic E-state index is 16.8. The van der Waals surface area contributed by atoms with Gasteiger partial charge >= 0.3 is 6.01 Å². The Morgan fingerprint density at radius 2 is 2.16 bits per heavy atom.